The summed E-state index contributed by atoms with van der Waals surface area (Å²) in [6.07, 6.45) is 1.55. The van der Waals surface area contributed by atoms with Crippen molar-refractivity contribution in [1.29, 1.82) is 0 Å². The van der Waals surface area contributed by atoms with Crippen LogP contribution in [-0.4, -0.2) is 65.5 Å². The smallest absolute Gasteiger partial charge is 0.244 e. The second kappa shape index (κ2) is 9.63. The first-order valence-corrected chi connectivity index (χ1v) is 12.4. The Morgan fingerprint density at radius 2 is 2.03 bits per heavy atom. The lowest BCUT2D eigenvalue weighted by Gasteiger charge is -2.26. The van der Waals surface area contributed by atoms with Gasteiger partial charge in [0.25, 0.3) is 0 Å². The van der Waals surface area contributed by atoms with Crippen molar-refractivity contribution in [2.75, 3.05) is 37.4 Å². The summed E-state index contributed by atoms with van der Waals surface area (Å²) >= 11 is 7.36. The molecule has 0 saturated carbocycles. The number of hydrogen-bond donors (Lipinski definition) is 1. The van der Waals surface area contributed by atoms with Crippen LogP contribution in [0.5, 0.6) is 0 Å². The summed E-state index contributed by atoms with van der Waals surface area (Å²) in [4.78, 5) is 12.4. The molecule has 1 fully saturated rings. The molecule has 2 aromatic heterocycles. The van der Waals surface area contributed by atoms with Crippen LogP contribution < -0.4 is 5.32 Å². The van der Waals surface area contributed by atoms with Gasteiger partial charge in [0.15, 0.2) is 16.7 Å². The van der Waals surface area contributed by atoms with Gasteiger partial charge in [0, 0.05) is 25.8 Å². The molecule has 13 heteroatoms. The van der Waals surface area contributed by atoms with Crippen molar-refractivity contribution in [2.24, 2.45) is 7.05 Å². The number of aromatic nitrogens is 3. The number of nitrogens with one attached hydrogen (secondary N) is 1. The van der Waals surface area contributed by atoms with E-state index in [9.17, 15) is 13.2 Å². The molecule has 0 radical (unpaired) electrons. The van der Waals surface area contributed by atoms with Crippen LogP contribution in [0.4, 0.5) is 5.69 Å². The van der Waals surface area contributed by atoms with E-state index in [1.165, 1.54) is 28.2 Å². The first-order chi connectivity index (χ1) is 15.4. The second-order valence-corrected chi connectivity index (χ2v) is 10.1. The number of carbonyl (C=O) groups excluding carboxylic acids is 1. The van der Waals surface area contributed by atoms with Gasteiger partial charge in [-0.1, -0.05) is 23.4 Å². The fourth-order valence-corrected chi connectivity index (χ4v) is 5.71. The van der Waals surface area contributed by atoms with Crippen LogP contribution in [0.1, 0.15) is 0 Å². The molecule has 1 aliphatic rings. The highest BCUT2D eigenvalue weighted by molar-refractivity contribution is 7.99. The molecule has 0 unspecified atom stereocenters. The van der Waals surface area contributed by atoms with Gasteiger partial charge in [0.2, 0.25) is 15.9 Å². The highest BCUT2D eigenvalue weighted by Gasteiger charge is 2.28. The Labute approximate surface area is 193 Å². The lowest BCUT2D eigenvalue weighted by Crippen LogP contribution is -2.40. The molecule has 0 atom stereocenters. The zero-order chi connectivity index (χ0) is 22.7. The predicted molar refractivity (Wildman–Crippen MR) is 119 cm³/mol. The van der Waals surface area contributed by atoms with Crippen molar-refractivity contribution in [3.05, 3.63) is 41.6 Å². The normalized spacial score (nSPS) is 15.1. The van der Waals surface area contributed by atoms with E-state index in [1.54, 1.807) is 36.1 Å². The summed E-state index contributed by atoms with van der Waals surface area (Å²) < 4.78 is 39.5. The predicted octanol–water partition coefficient (Wildman–Crippen LogP) is 2.48. The summed E-state index contributed by atoms with van der Waals surface area (Å²) in [6.45, 7) is 1.16. The molecular weight excluding hydrogens is 478 g/mol. The summed E-state index contributed by atoms with van der Waals surface area (Å²) in [6, 6.07) is 7.90. The fourth-order valence-electron chi connectivity index (χ4n) is 3.09. The van der Waals surface area contributed by atoms with Gasteiger partial charge in [-0.15, -0.1) is 10.2 Å². The minimum absolute atomic E-state index is 0.0529. The molecule has 1 aliphatic heterocycles. The zero-order valence-electron chi connectivity index (χ0n) is 17.0. The van der Waals surface area contributed by atoms with Gasteiger partial charge in [-0.3, -0.25) is 4.79 Å². The van der Waals surface area contributed by atoms with Gasteiger partial charge in [-0.05, 0) is 30.3 Å². The van der Waals surface area contributed by atoms with Crippen molar-refractivity contribution in [3.63, 3.8) is 0 Å². The molecule has 1 aromatic carbocycles. The minimum atomic E-state index is -3.80. The quantitative estimate of drug-likeness (QED) is 0.494. The first-order valence-electron chi connectivity index (χ1n) is 9.59. The average molecular weight is 498 g/mol. The number of halogens is 1. The van der Waals surface area contributed by atoms with Crippen molar-refractivity contribution >= 4 is 45.0 Å². The van der Waals surface area contributed by atoms with E-state index in [0.29, 0.717) is 35.6 Å². The van der Waals surface area contributed by atoms with Gasteiger partial charge in [0.1, 0.15) is 4.90 Å². The Bertz CT molecular complexity index is 1210. The summed E-state index contributed by atoms with van der Waals surface area (Å²) in [5.74, 6) is 0.854. The largest absolute Gasteiger partial charge is 0.461 e. The third-order valence-corrected chi connectivity index (χ3v) is 8.11. The first kappa shape index (κ1) is 22.8. The molecule has 1 amide bonds. The van der Waals surface area contributed by atoms with E-state index in [0.717, 1.165) is 0 Å². The van der Waals surface area contributed by atoms with Crippen LogP contribution in [0.3, 0.4) is 0 Å². The number of morpholine rings is 1. The number of ether oxygens (including phenoxy) is 1. The Balaban J connectivity index is 1.42. The summed E-state index contributed by atoms with van der Waals surface area (Å²) in [5, 5.41) is 11.5. The van der Waals surface area contributed by atoms with E-state index in [-0.39, 0.29) is 34.7 Å². The van der Waals surface area contributed by atoms with Crippen molar-refractivity contribution in [3.8, 4) is 11.6 Å². The standard InChI is InChI=1S/C19H20ClN5O5S2/c1-24-18(15-3-2-8-30-15)22-23-19(24)31-12-17(26)21-13-4-5-14(20)16(11-13)32(27,28)25-6-9-29-10-7-25/h2-5,8,11H,6-7,9-10,12H2,1H3,(H,21,26). The van der Waals surface area contributed by atoms with Crippen LogP contribution in [0.15, 0.2) is 51.1 Å². The maximum Gasteiger partial charge on any atom is 0.244 e. The lowest BCUT2D eigenvalue weighted by atomic mass is 10.3. The Hall–Kier alpha value is -2.38. The maximum atomic E-state index is 12.9. The van der Waals surface area contributed by atoms with Crippen molar-refractivity contribution < 1.29 is 22.4 Å². The van der Waals surface area contributed by atoms with E-state index in [1.807, 2.05) is 0 Å². The second-order valence-electron chi connectivity index (χ2n) is 6.84. The molecule has 32 heavy (non-hydrogen) atoms. The van der Waals surface area contributed by atoms with Crippen LogP contribution in [0.2, 0.25) is 5.02 Å². The van der Waals surface area contributed by atoms with Gasteiger partial charge in [-0.25, -0.2) is 8.42 Å². The number of amides is 1. The Kier molecular flexibility index (Phi) is 6.86. The molecular formula is C19H20ClN5O5S2. The van der Waals surface area contributed by atoms with E-state index in [2.05, 4.69) is 15.5 Å². The summed E-state index contributed by atoms with van der Waals surface area (Å²) in [5.41, 5.74) is 0.334. The van der Waals surface area contributed by atoms with Gasteiger partial charge in [-0.2, -0.15) is 4.31 Å². The highest BCUT2D eigenvalue weighted by atomic mass is 35.5. The topological polar surface area (TPSA) is 120 Å². The molecule has 0 bridgehead atoms. The third-order valence-electron chi connectivity index (χ3n) is 4.71. The number of hydrogen-bond acceptors (Lipinski definition) is 8. The average Bonchev–Trinajstić information content (AvgIpc) is 3.44. The lowest BCUT2D eigenvalue weighted by molar-refractivity contribution is -0.113. The van der Waals surface area contributed by atoms with Crippen LogP contribution >= 0.6 is 23.4 Å². The Morgan fingerprint density at radius 1 is 1.25 bits per heavy atom. The van der Waals surface area contributed by atoms with E-state index in [4.69, 9.17) is 20.8 Å². The Morgan fingerprint density at radius 3 is 2.75 bits per heavy atom. The molecule has 170 valence electrons. The highest BCUT2D eigenvalue weighted by Crippen LogP contribution is 2.29. The number of benzene rings is 1. The van der Waals surface area contributed by atoms with Crippen LogP contribution in [0, 0.1) is 0 Å². The maximum absolute atomic E-state index is 12.9. The molecule has 3 heterocycles. The number of thioether (sulfide) groups is 1. The number of sulfonamides is 1. The van der Waals surface area contributed by atoms with Gasteiger partial charge < -0.3 is 19.0 Å². The molecule has 1 N–H and O–H groups in total. The SMILES string of the molecule is Cn1c(SCC(=O)Nc2ccc(Cl)c(S(=O)(=O)N3CCOCC3)c2)nnc1-c1ccco1. The van der Waals surface area contributed by atoms with Crippen LogP contribution in [-0.2, 0) is 26.6 Å². The molecule has 1 saturated heterocycles. The molecule has 0 aliphatic carbocycles. The molecule has 0 spiro atoms. The minimum Gasteiger partial charge on any atom is -0.461 e. The number of anilines is 1. The van der Waals surface area contributed by atoms with Gasteiger partial charge >= 0.3 is 0 Å². The third kappa shape index (κ3) is 4.84. The van der Waals surface area contributed by atoms with E-state index < -0.39 is 10.0 Å². The van der Waals surface area contributed by atoms with Crippen molar-refractivity contribution in [1.82, 2.24) is 19.1 Å². The van der Waals surface area contributed by atoms with E-state index >= 15 is 0 Å². The number of rotatable bonds is 7. The molecule has 10 nitrogen and oxygen atoms in total. The summed E-state index contributed by atoms with van der Waals surface area (Å²) in [7, 11) is -2.02. The molecule has 3 aromatic rings. The van der Waals surface area contributed by atoms with Gasteiger partial charge in [0.05, 0.1) is 30.3 Å². The monoisotopic (exact) mass is 497 g/mol. The van der Waals surface area contributed by atoms with Crippen LogP contribution in [0.25, 0.3) is 11.6 Å². The zero-order valence-corrected chi connectivity index (χ0v) is 19.4. The van der Waals surface area contributed by atoms with Crippen molar-refractivity contribution in [2.45, 2.75) is 10.1 Å². The number of nitrogens with zero attached hydrogens (tertiary/aromatic N) is 4. The fraction of sp³-hybridized carbons (Fsp3) is 0.316. The number of furan rings is 1. The number of carbonyl (C=O) groups is 1. The molecule has 4 rings (SSSR count).